The maximum atomic E-state index is 13.4. The van der Waals surface area contributed by atoms with Crippen molar-refractivity contribution in [3.63, 3.8) is 0 Å². The van der Waals surface area contributed by atoms with Gasteiger partial charge in [0.25, 0.3) is 0 Å². The summed E-state index contributed by atoms with van der Waals surface area (Å²) in [6, 6.07) is 6.39. The first-order chi connectivity index (χ1) is 10.1. The molecule has 0 spiro atoms. The molecule has 0 atom stereocenters. The minimum atomic E-state index is -0.755. The van der Waals surface area contributed by atoms with E-state index in [1.807, 2.05) is 0 Å². The summed E-state index contributed by atoms with van der Waals surface area (Å²) in [7, 11) is 0. The van der Waals surface area contributed by atoms with Crippen molar-refractivity contribution in [2.75, 3.05) is 5.75 Å². The van der Waals surface area contributed by atoms with Gasteiger partial charge in [-0.25, -0.2) is 4.39 Å². The van der Waals surface area contributed by atoms with Crippen LogP contribution in [0.1, 0.15) is 25.7 Å². The standard InChI is InChI=1S/C15H18FNO3S/c16-12-3-1-2-4-13(12)21-9-14(18)17-11-7-5-10(6-8-11)15(19)20/h1-4,10-11H,5-9H2,(H,17,18)(H,19,20). The Morgan fingerprint density at radius 3 is 2.52 bits per heavy atom. The highest BCUT2D eigenvalue weighted by molar-refractivity contribution is 8.00. The van der Waals surface area contributed by atoms with Gasteiger partial charge in [0.1, 0.15) is 5.82 Å². The summed E-state index contributed by atoms with van der Waals surface area (Å²) in [6.45, 7) is 0. The van der Waals surface area contributed by atoms with Crippen LogP contribution < -0.4 is 5.32 Å². The van der Waals surface area contributed by atoms with E-state index in [4.69, 9.17) is 5.11 Å². The van der Waals surface area contributed by atoms with Crippen molar-refractivity contribution in [3.8, 4) is 0 Å². The molecule has 1 amide bonds. The maximum absolute atomic E-state index is 13.4. The third kappa shape index (κ3) is 4.74. The van der Waals surface area contributed by atoms with E-state index in [0.717, 1.165) is 0 Å². The van der Waals surface area contributed by atoms with Crippen LogP contribution in [0, 0.1) is 11.7 Å². The fraction of sp³-hybridized carbons (Fsp3) is 0.467. The quantitative estimate of drug-likeness (QED) is 0.821. The van der Waals surface area contributed by atoms with Crippen LogP contribution in [0.3, 0.4) is 0 Å². The maximum Gasteiger partial charge on any atom is 0.306 e. The van der Waals surface area contributed by atoms with E-state index < -0.39 is 5.97 Å². The van der Waals surface area contributed by atoms with Crippen molar-refractivity contribution in [1.82, 2.24) is 5.32 Å². The molecule has 0 radical (unpaired) electrons. The number of hydrogen-bond acceptors (Lipinski definition) is 3. The minimum Gasteiger partial charge on any atom is -0.481 e. The Morgan fingerprint density at radius 2 is 1.90 bits per heavy atom. The van der Waals surface area contributed by atoms with Crippen LogP contribution in [0.4, 0.5) is 4.39 Å². The fourth-order valence-electron chi connectivity index (χ4n) is 2.46. The highest BCUT2D eigenvalue weighted by Gasteiger charge is 2.26. The highest BCUT2D eigenvalue weighted by Crippen LogP contribution is 2.25. The molecular weight excluding hydrogens is 293 g/mol. The molecule has 1 saturated carbocycles. The normalized spacial score (nSPS) is 21.8. The largest absolute Gasteiger partial charge is 0.481 e. The molecule has 6 heteroatoms. The Labute approximate surface area is 127 Å². The Kier molecular flexibility index (Phi) is 5.61. The first-order valence-corrected chi connectivity index (χ1v) is 7.94. The number of hydrogen-bond donors (Lipinski definition) is 2. The van der Waals surface area contributed by atoms with Crippen molar-refractivity contribution < 1.29 is 19.1 Å². The number of thioether (sulfide) groups is 1. The molecule has 1 aromatic carbocycles. The predicted octanol–water partition coefficient (Wildman–Crippen LogP) is 2.68. The summed E-state index contributed by atoms with van der Waals surface area (Å²) in [6.07, 6.45) is 2.57. The van der Waals surface area contributed by atoms with Gasteiger partial charge in [-0.3, -0.25) is 9.59 Å². The summed E-state index contributed by atoms with van der Waals surface area (Å²) >= 11 is 1.17. The molecule has 2 rings (SSSR count). The van der Waals surface area contributed by atoms with E-state index in [1.54, 1.807) is 18.2 Å². The minimum absolute atomic E-state index is 0.0364. The van der Waals surface area contributed by atoms with E-state index in [1.165, 1.54) is 17.8 Å². The van der Waals surface area contributed by atoms with Crippen LogP contribution in [0.5, 0.6) is 0 Å². The number of aliphatic carboxylic acids is 1. The van der Waals surface area contributed by atoms with Gasteiger partial charge in [0.15, 0.2) is 0 Å². The molecule has 0 saturated heterocycles. The fourth-order valence-corrected chi connectivity index (χ4v) is 3.21. The number of carbonyl (C=O) groups excluding carboxylic acids is 1. The van der Waals surface area contributed by atoms with Gasteiger partial charge in [-0.1, -0.05) is 12.1 Å². The number of halogens is 1. The lowest BCUT2D eigenvalue weighted by Crippen LogP contribution is -2.39. The van der Waals surface area contributed by atoms with Gasteiger partial charge in [-0.2, -0.15) is 0 Å². The zero-order chi connectivity index (χ0) is 15.2. The predicted molar refractivity (Wildman–Crippen MR) is 78.6 cm³/mol. The molecular formula is C15H18FNO3S. The molecule has 1 aliphatic rings. The van der Waals surface area contributed by atoms with Gasteiger partial charge in [-0.05, 0) is 37.8 Å². The average molecular weight is 311 g/mol. The third-order valence-electron chi connectivity index (χ3n) is 3.64. The topological polar surface area (TPSA) is 66.4 Å². The second kappa shape index (κ2) is 7.45. The molecule has 0 unspecified atom stereocenters. The van der Waals surface area contributed by atoms with E-state index >= 15 is 0 Å². The first kappa shape index (κ1) is 15.8. The highest BCUT2D eigenvalue weighted by atomic mass is 32.2. The summed E-state index contributed by atoms with van der Waals surface area (Å²) < 4.78 is 13.4. The van der Waals surface area contributed by atoms with Gasteiger partial charge in [-0.15, -0.1) is 11.8 Å². The van der Waals surface area contributed by atoms with Crippen LogP contribution in [-0.2, 0) is 9.59 Å². The van der Waals surface area contributed by atoms with Crippen LogP contribution in [0.25, 0.3) is 0 Å². The third-order valence-corrected chi connectivity index (χ3v) is 4.69. The van der Waals surface area contributed by atoms with Crippen molar-refractivity contribution in [2.45, 2.75) is 36.6 Å². The van der Waals surface area contributed by atoms with E-state index in [2.05, 4.69) is 5.32 Å². The SMILES string of the molecule is O=C(CSc1ccccc1F)NC1CCC(C(=O)O)CC1. The van der Waals surface area contributed by atoms with Gasteiger partial charge in [0.05, 0.1) is 11.7 Å². The lowest BCUT2D eigenvalue weighted by atomic mass is 9.86. The molecule has 0 heterocycles. The molecule has 0 aliphatic heterocycles. The summed E-state index contributed by atoms with van der Waals surface area (Å²) in [4.78, 5) is 23.1. The Bertz CT molecular complexity index is 515. The van der Waals surface area contributed by atoms with Crippen molar-refractivity contribution in [3.05, 3.63) is 30.1 Å². The summed E-state index contributed by atoms with van der Waals surface area (Å²) in [5.74, 6) is -1.33. The second-order valence-electron chi connectivity index (χ2n) is 5.17. The van der Waals surface area contributed by atoms with Crippen molar-refractivity contribution in [2.24, 2.45) is 5.92 Å². The van der Waals surface area contributed by atoms with Crippen molar-refractivity contribution in [1.29, 1.82) is 0 Å². The molecule has 2 N–H and O–H groups in total. The molecule has 1 aromatic rings. The Hall–Kier alpha value is -1.56. The molecule has 0 aromatic heterocycles. The lowest BCUT2D eigenvalue weighted by Gasteiger charge is -2.26. The number of carbonyl (C=O) groups is 2. The Morgan fingerprint density at radius 1 is 1.24 bits per heavy atom. The summed E-state index contributed by atoms with van der Waals surface area (Å²) in [5.41, 5.74) is 0. The van der Waals surface area contributed by atoms with Gasteiger partial charge in [0, 0.05) is 10.9 Å². The van der Waals surface area contributed by atoms with Crippen molar-refractivity contribution >= 4 is 23.6 Å². The van der Waals surface area contributed by atoms with Crippen LogP contribution >= 0.6 is 11.8 Å². The molecule has 114 valence electrons. The molecule has 0 bridgehead atoms. The number of benzene rings is 1. The molecule has 1 fully saturated rings. The van der Waals surface area contributed by atoms with Crippen LogP contribution in [0.2, 0.25) is 0 Å². The lowest BCUT2D eigenvalue weighted by molar-refractivity contribution is -0.142. The average Bonchev–Trinajstić information content (AvgIpc) is 2.47. The molecule has 21 heavy (non-hydrogen) atoms. The van der Waals surface area contributed by atoms with Crippen LogP contribution in [0.15, 0.2) is 29.2 Å². The number of rotatable bonds is 5. The zero-order valence-electron chi connectivity index (χ0n) is 11.5. The zero-order valence-corrected chi connectivity index (χ0v) is 12.4. The smallest absolute Gasteiger partial charge is 0.306 e. The first-order valence-electron chi connectivity index (χ1n) is 6.95. The van der Waals surface area contributed by atoms with E-state index in [9.17, 15) is 14.0 Å². The molecule has 4 nitrogen and oxygen atoms in total. The van der Waals surface area contributed by atoms with E-state index in [0.29, 0.717) is 30.6 Å². The van der Waals surface area contributed by atoms with Gasteiger partial charge >= 0.3 is 5.97 Å². The molecule has 1 aliphatic carbocycles. The number of amides is 1. The second-order valence-corrected chi connectivity index (χ2v) is 6.19. The number of carboxylic acid groups (broad SMARTS) is 1. The van der Waals surface area contributed by atoms with Crippen LogP contribution in [-0.4, -0.2) is 28.8 Å². The Balaban J connectivity index is 1.73. The van der Waals surface area contributed by atoms with E-state index in [-0.39, 0.29) is 29.4 Å². The number of carboxylic acids is 1. The van der Waals surface area contributed by atoms with Gasteiger partial charge < -0.3 is 10.4 Å². The monoisotopic (exact) mass is 311 g/mol. The van der Waals surface area contributed by atoms with Gasteiger partial charge in [0.2, 0.25) is 5.91 Å². The number of nitrogens with one attached hydrogen (secondary N) is 1. The summed E-state index contributed by atoms with van der Waals surface area (Å²) in [5, 5.41) is 11.8.